The van der Waals surface area contributed by atoms with Crippen LogP contribution in [0.3, 0.4) is 0 Å². The Morgan fingerprint density at radius 3 is 2.78 bits per heavy atom. The van der Waals surface area contributed by atoms with Gasteiger partial charge in [-0.25, -0.2) is 4.79 Å². The van der Waals surface area contributed by atoms with Crippen LogP contribution in [0.4, 0.5) is 4.79 Å². The molecule has 1 aromatic rings. The van der Waals surface area contributed by atoms with Crippen LogP contribution in [0.1, 0.15) is 27.2 Å². The van der Waals surface area contributed by atoms with Gasteiger partial charge in [0.2, 0.25) is 0 Å². The highest BCUT2D eigenvalue weighted by molar-refractivity contribution is 6.07. The summed E-state index contributed by atoms with van der Waals surface area (Å²) in [5, 5.41) is 10.4. The van der Waals surface area contributed by atoms with Crippen LogP contribution >= 0.6 is 0 Å². The summed E-state index contributed by atoms with van der Waals surface area (Å²) in [4.78, 5) is 35.9. The Labute approximate surface area is 134 Å². The van der Waals surface area contributed by atoms with E-state index in [1.807, 2.05) is 19.2 Å². The molecule has 9 heteroatoms. The third-order valence-corrected chi connectivity index (χ3v) is 3.84. The summed E-state index contributed by atoms with van der Waals surface area (Å²) in [7, 11) is 0. The molecule has 3 N–H and O–H groups in total. The smallest absolute Gasteiger partial charge is 0.322 e. The Hall–Kier alpha value is -2.42. The number of hydrogen-bond acceptors (Lipinski definition) is 5. The van der Waals surface area contributed by atoms with Crippen LogP contribution in [-0.2, 0) is 16.1 Å². The van der Waals surface area contributed by atoms with Crippen LogP contribution in [-0.4, -0.2) is 50.8 Å². The van der Waals surface area contributed by atoms with Gasteiger partial charge in [0.15, 0.2) is 0 Å². The Bertz CT molecular complexity index is 587. The van der Waals surface area contributed by atoms with Crippen molar-refractivity contribution in [2.45, 2.75) is 45.3 Å². The van der Waals surface area contributed by atoms with Crippen LogP contribution in [0.15, 0.2) is 18.5 Å². The molecule has 0 bridgehead atoms. The van der Waals surface area contributed by atoms with Gasteiger partial charge in [0.1, 0.15) is 5.54 Å². The van der Waals surface area contributed by atoms with E-state index in [1.165, 1.54) is 0 Å². The van der Waals surface area contributed by atoms with Crippen molar-refractivity contribution in [3.8, 4) is 0 Å². The number of nitrogens with zero attached hydrogens (tertiary/aromatic N) is 3. The molecule has 0 aromatic carbocycles. The van der Waals surface area contributed by atoms with Crippen molar-refractivity contribution >= 4 is 17.8 Å². The number of hydrogen-bond donors (Lipinski definition) is 3. The zero-order valence-corrected chi connectivity index (χ0v) is 13.5. The van der Waals surface area contributed by atoms with Gasteiger partial charge in [0, 0.05) is 18.4 Å². The van der Waals surface area contributed by atoms with Crippen molar-refractivity contribution in [3.05, 3.63) is 18.5 Å². The molecular weight excluding hydrogens is 300 g/mol. The van der Waals surface area contributed by atoms with E-state index in [9.17, 15) is 14.4 Å². The summed E-state index contributed by atoms with van der Waals surface area (Å²) in [6, 6.07) is 1.21. The molecule has 0 spiro atoms. The van der Waals surface area contributed by atoms with Gasteiger partial charge in [0.05, 0.1) is 13.1 Å². The summed E-state index contributed by atoms with van der Waals surface area (Å²) in [5.41, 5.74) is 1.36. The minimum Gasteiger partial charge on any atom is -0.322 e. The Kier molecular flexibility index (Phi) is 4.99. The van der Waals surface area contributed by atoms with Gasteiger partial charge in [-0.15, -0.1) is 0 Å². The second kappa shape index (κ2) is 6.78. The predicted molar refractivity (Wildman–Crippen MR) is 81.9 cm³/mol. The first kappa shape index (κ1) is 16.9. The number of carbonyl (C=O) groups excluding carboxylic acids is 3. The first-order valence-electron chi connectivity index (χ1n) is 7.52. The zero-order chi connectivity index (χ0) is 17.0. The number of urea groups is 1. The number of carbonyl (C=O) groups is 3. The van der Waals surface area contributed by atoms with Crippen LogP contribution in [0.5, 0.6) is 0 Å². The highest BCUT2D eigenvalue weighted by Gasteiger charge is 2.47. The number of amides is 4. The fourth-order valence-corrected chi connectivity index (χ4v) is 2.21. The molecule has 9 nitrogen and oxygen atoms in total. The van der Waals surface area contributed by atoms with Crippen molar-refractivity contribution in [1.82, 2.24) is 30.8 Å². The van der Waals surface area contributed by atoms with E-state index >= 15 is 0 Å². The van der Waals surface area contributed by atoms with Gasteiger partial charge in [-0.1, -0.05) is 6.92 Å². The molecule has 2 heterocycles. The quantitative estimate of drug-likeness (QED) is 0.593. The topological polar surface area (TPSA) is 108 Å². The highest BCUT2D eigenvalue weighted by atomic mass is 16.2. The summed E-state index contributed by atoms with van der Waals surface area (Å²) < 4.78 is 1.75. The van der Waals surface area contributed by atoms with Crippen molar-refractivity contribution in [2.75, 3.05) is 6.54 Å². The molecule has 0 aliphatic carbocycles. The van der Waals surface area contributed by atoms with E-state index in [0.29, 0.717) is 13.0 Å². The van der Waals surface area contributed by atoms with Crippen molar-refractivity contribution in [2.24, 2.45) is 0 Å². The molecule has 1 aliphatic heterocycles. The molecule has 2 unspecified atom stereocenters. The maximum Gasteiger partial charge on any atom is 0.344 e. The second-order valence-electron chi connectivity index (χ2n) is 5.80. The van der Waals surface area contributed by atoms with E-state index in [-0.39, 0.29) is 12.6 Å². The van der Waals surface area contributed by atoms with Gasteiger partial charge in [-0.3, -0.25) is 19.7 Å². The van der Waals surface area contributed by atoms with Crippen molar-refractivity contribution in [1.29, 1.82) is 0 Å². The van der Waals surface area contributed by atoms with Crippen LogP contribution < -0.4 is 16.1 Å². The monoisotopic (exact) mass is 322 g/mol. The number of nitrogens with one attached hydrogen (secondary N) is 3. The minimum absolute atomic E-state index is 0.00432. The lowest BCUT2D eigenvalue weighted by atomic mass is 10.00. The van der Waals surface area contributed by atoms with Crippen LogP contribution in [0, 0.1) is 0 Å². The lowest BCUT2D eigenvalue weighted by Crippen LogP contribution is -2.51. The predicted octanol–water partition coefficient (Wildman–Crippen LogP) is -0.387. The normalized spacial score (nSPS) is 22.1. The summed E-state index contributed by atoms with van der Waals surface area (Å²) in [5.74, 6) is -0.913. The van der Waals surface area contributed by atoms with E-state index < -0.39 is 23.4 Å². The standard InChI is InChI=1S/C14H22N6O3/c1-4-14(3)12(22)20(13(23)17-14)18-11(21)8-15-10(2)9-19-7-5-6-16-19/h5-7,10,15H,4,8-9H2,1-3H3,(H,17,23)(H,18,21). The van der Waals surface area contributed by atoms with Crippen molar-refractivity contribution < 1.29 is 14.4 Å². The van der Waals surface area contributed by atoms with Gasteiger partial charge >= 0.3 is 6.03 Å². The molecule has 1 aliphatic rings. The third-order valence-electron chi connectivity index (χ3n) is 3.84. The highest BCUT2D eigenvalue weighted by Crippen LogP contribution is 2.18. The lowest BCUT2D eigenvalue weighted by Gasteiger charge is -2.20. The average molecular weight is 322 g/mol. The molecule has 1 fully saturated rings. The van der Waals surface area contributed by atoms with E-state index in [4.69, 9.17) is 0 Å². The van der Waals surface area contributed by atoms with E-state index in [1.54, 1.807) is 24.7 Å². The molecule has 1 aromatic heterocycles. The SMILES string of the molecule is CCC1(C)NC(=O)N(NC(=O)CNC(C)Cn2cccn2)C1=O. The largest absolute Gasteiger partial charge is 0.344 e. The Morgan fingerprint density at radius 2 is 2.22 bits per heavy atom. The molecule has 4 amide bonds. The maximum atomic E-state index is 12.1. The molecule has 1 saturated heterocycles. The van der Waals surface area contributed by atoms with Gasteiger partial charge < -0.3 is 10.6 Å². The maximum absolute atomic E-state index is 12.1. The molecule has 23 heavy (non-hydrogen) atoms. The first-order valence-corrected chi connectivity index (χ1v) is 7.52. The van der Waals surface area contributed by atoms with E-state index in [2.05, 4.69) is 21.2 Å². The second-order valence-corrected chi connectivity index (χ2v) is 5.80. The van der Waals surface area contributed by atoms with Gasteiger partial charge in [0.25, 0.3) is 11.8 Å². The molecular formula is C14H22N6O3. The summed E-state index contributed by atoms with van der Waals surface area (Å²) in [6.45, 7) is 5.93. The minimum atomic E-state index is -0.967. The molecule has 0 radical (unpaired) electrons. The third kappa shape index (κ3) is 3.86. The zero-order valence-electron chi connectivity index (χ0n) is 13.5. The number of aromatic nitrogens is 2. The first-order chi connectivity index (χ1) is 10.9. The lowest BCUT2D eigenvalue weighted by molar-refractivity contribution is -0.138. The Morgan fingerprint density at radius 1 is 1.48 bits per heavy atom. The van der Waals surface area contributed by atoms with Gasteiger partial charge in [-0.2, -0.15) is 10.1 Å². The van der Waals surface area contributed by atoms with Crippen LogP contribution in [0.25, 0.3) is 0 Å². The summed E-state index contributed by atoms with van der Waals surface area (Å²) in [6.07, 6.45) is 3.96. The fraction of sp³-hybridized carbons (Fsp3) is 0.571. The molecule has 0 saturated carbocycles. The fourth-order valence-electron chi connectivity index (χ4n) is 2.21. The van der Waals surface area contributed by atoms with Crippen LogP contribution in [0.2, 0.25) is 0 Å². The average Bonchev–Trinajstić information content (AvgIpc) is 3.08. The molecule has 2 atom stereocenters. The number of hydrazine groups is 1. The molecule has 126 valence electrons. The summed E-state index contributed by atoms with van der Waals surface area (Å²) >= 11 is 0. The van der Waals surface area contributed by atoms with Crippen molar-refractivity contribution in [3.63, 3.8) is 0 Å². The number of imide groups is 1. The van der Waals surface area contributed by atoms with E-state index in [0.717, 1.165) is 5.01 Å². The van der Waals surface area contributed by atoms with Gasteiger partial charge in [-0.05, 0) is 26.3 Å². The Balaban J connectivity index is 1.81. The molecule has 2 rings (SSSR count). The number of rotatable bonds is 7.